The molecule has 1 amide bonds. The number of nitrogens with one attached hydrogen (secondary N) is 2. The third kappa shape index (κ3) is 2.94. The van der Waals surface area contributed by atoms with Crippen molar-refractivity contribution in [2.75, 3.05) is 12.0 Å². The second-order valence-corrected chi connectivity index (χ2v) is 5.53. The van der Waals surface area contributed by atoms with E-state index in [0.29, 0.717) is 16.6 Å². The first kappa shape index (κ1) is 12.3. The molecule has 2 unspecified atom stereocenters. The van der Waals surface area contributed by atoms with Gasteiger partial charge in [-0.25, -0.2) is 0 Å². The molecule has 0 radical (unpaired) electrons. The zero-order valence-electron chi connectivity index (χ0n) is 9.90. The SMILES string of the molecule is CSC1CCCC(NC(=O)c2cn[nH]c2N)C1. The molecule has 0 aromatic carbocycles. The van der Waals surface area contributed by atoms with E-state index in [1.807, 2.05) is 11.8 Å². The molecule has 1 heterocycles. The van der Waals surface area contributed by atoms with E-state index < -0.39 is 0 Å². The summed E-state index contributed by atoms with van der Waals surface area (Å²) in [6, 6.07) is 0.267. The van der Waals surface area contributed by atoms with Gasteiger partial charge in [0.05, 0.1) is 6.20 Å². The van der Waals surface area contributed by atoms with Crippen molar-refractivity contribution in [1.29, 1.82) is 0 Å². The number of H-pyrrole nitrogens is 1. The maximum atomic E-state index is 11.9. The number of rotatable bonds is 3. The summed E-state index contributed by atoms with van der Waals surface area (Å²) in [5.74, 6) is 0.211. The Morgan fingerprint density at radius 3 is 3.12 bits per heavy atom. The minimum absolute atomic E-state index is 0.122. The average Bonchev–Trinajstić information content (AvgIpc) is 2.76. The second kappa shape index (κ2) is 5.44. The van der Waals surface area contributed by atoms with Crippen molar-refractivity contribution in [2.45, 2.75) is 37.0 Å². The van der Waals surface area contributed by atoms with E-state index in [9.17, 15) is 4.79 Å². The van der Waals surface area contributed by atoms with Crippen LogP contribution in [-0.2, 0) is 0 Å². The van der Waals surface area contributed by atoms with Gasteiger partial charge in [-0.2, -0.15) is 16.9 Å². The Labute approximate surface area is 105 Å². The molecule has 1 fully saturated rings. The molecule has 1 aliphatic rings. The Hall–Kier alpha value is -1.17. The zero-order chi connectivity index (χ0) is 12.3. The Morgan fingerprint density at radius 1 is 1.65 bits per heavy atom. The highest BCUT2D eigenvalue weighted by atomic mass is 32.2. The number of nitrogen functional groups attached to an aromatic ring is 1. The van der Waals surface area contributed by atoms with Crippen LogP contribution in [0.4, 0.5) is 5.82 Å². The summed E-state index contributed by atoms with van der Waals surface area (Å²) >= 11 is 1.88. The summed E-state index contributed by atoms with van der Waals surface area (Å²) in [6.45, 7) is 0. The molecule has 0 aliphatic heterocycles. The fraction of sp³-hybridized carbons (Fsp3) is 0.636. The topological polar surface area (TPSA) is 83.8 Å². The van der Waals surface area contributed by atoms with Gasteiger partial charge in [0.15, 0.2) is 0 Å². The van der Waals surface area contributed by atoms with E-state index in [1.165, 1.54) is 19.0 Å². The first-order chi connectivity index (χ1) is 8.20. The van der Waals surface area contributed by atoms with E-state index in [4.69, 9.17) is 5.73 Å². The third-order valence-corrected chi connectivity index (χ3v) is 4.30. The summed E-state index contributed by atoms with van der Waals surface area (Å²) in [7, 11) is 0. The van der Waals surface area contributed by atoms with Crippen LogP contribution in [0.5, 0.6) is 0 Å². The number of nitrogens with zero attached hydrogens (tertiary/aromatic N) is 1. The molecule has 1 aromatic rings. The molecule has 1 aliphatic carbocycles. The highest BCUT2D eigenvalue weighted by Crippen LogP contribution is 2.27. The molecule has 5 nitrogen and oxygen atoms in total. The highest BCUT2D eigenvalue weighted by Gasteiger charge is 2.23. The summed E-state index contributed by atoms with van der Waals surface area (Å²) in [4.78, 5) is 11.9. The fourth-order valence-electron chi connectivity index (χ4n) is 2.23. The molecule has 17 heavy (non-hydrogen) atoms. The van der Waals surface area contributed by atoms with Gasteiger partial charge in [-0.15, -0.1) is 0 Å². The van der Waals surface area contributed by atoms with Gasteiger partial charge < -0.3 is 11.1 Å². The number of aromatic amines is 1. The van der Waals surface area contributed by atoms with E-state index in [0.717, 1.165) is 12.8 Å². The third-order valence-electron chi connectivity index (χ3n) is 3.21. The van der Waals surface area contributed by atoms with Gasteiger partial charge in [-0.1, -0.05) is 6.42 Å². The summed E-state index contributed by atoms with van der Waals surface area (Å²) in [5, 5.41) is 10.0. The molecule has 0 bridgehead atoms. The predicted molar refractivity (Wildman–Crippen MR) is 70.0 cm³/mol. The van der Waals surface area contributed by atoms with Crippen LogP contribution in [-0.4, -0.2) is 33.7 Å². The van der Waals surface area contributed by atoms with Crippen molar-refractivity contribution in [3.05, 3.63) is 11.8 Å². The molecule has 0 saturated heterocycles. The van der Waals surface area contributed by atoms with Crippen LogP contribution in [0.25, 0.3) is 0 Å². The van der Waals surface area contributed by atoms with Crippen molar-refractivity contribution in [3.63, 3.8) is 0 Å². The van der Waals surface area contributed by atoms with Crippen molar-refractivity contribution in [3.8, 4) is 0 Å². The fourth-order valence-corrected chi connectivity index (χ4v) is 3.06. The van der Waals surface area contributed by atoms with Crippen LogP contribution in [0.3, 0.4) is 0 Å². The van der Waals surface area contributed by atoms with Crippen LogP contribution in [0.2, 0.25) is 0 Å². The minimum Gasteiger partial charge on any atom is -0.383 e. The van der Waals surface area contributed by atoms with E-state index in [-0.39, 0.29) is 11.9 Å². The summed E-state index contributed by atoms with van der Waals surface area (Å²) in [6.07, 6.45) is 8.13. The number of hydrogen-bond donors (Lipinski definition) is 3. The molecule has 4 N–H and O–H groups in total. The standard InChI is InChI=1S/C11H18N4OS/c1-17-8-4-2-3-7(5-8)14-11(16)9-6-13-15-10(9)12/h6-8H,2-5H2,1H3,(H,14,16)(H3,12,13,15). The molecule has 1 saturated carbocycles. The van der Waals surface area contributed by atoms with Gasteiger partial charge in [0.25, 0.3) is 5.91 Å². The van der Waals surface area contributed by atoms with Crippen molar-refractivity contribution in [2.24, 2.45) is 0 Å². The summed E-state index contributed by atoms with van der Waals surface area (Å²) < 4.78 is 0. The van der Waals surface area contributed by atoms with Crippen molar-refractivity contribution < 1.29 is 4.79 Å². The Balaban J connectivity index is 1.93. The molecular weight excluding hydrogens is 236 g/mol. The molecule has 94 valence electrons. The number of hydrogen-bond acceptors (Lipinski definition) is 4. The smallest absolute Gasteiger partial charge is 0.256 e. The number of amides is 1. The van der Waals surface area contributed by atoms with Crippen LogP contribution in [0.1, 0.15) is 36.0 Å². The Kier molecular flexibility index (Phi) is 3.93. The number of carbonyl (C=O) groups is 1. The van der Waals surface area contributed by atoms with Crippen LogP contribution in [0, 0.1) is 0 Å². The molecule has 0 spiro atoms. The lowest BCUT2D eigenvalue weighted by atomic mass is 9.95. The lowest BCUT2D eigenvalue weighted by molar-refractivity contribution is 0.0929. The van der Waals surface area contributed by atoms with Gasteiger partial charge in [-0.3, -0.25) is 9.89 Å². The van der Waals surface area contributed by atoms with Crippen LogP contribution in [0.15, 0.2) is 6.20 Å². The second-order valence-electron chi connectivity index (χ2n) is 4.39. The molecule has 2 rings (SSSR count). The van der Waals surface area contributed by atoms with E-state index in [1.54, 1.807) is 0 Å². The molecule has 1 aromatic heterocycles. The largest absolute Gasteiger partial charge is 0.383 e. The quantitative estimate of drug-likeness (QED) is 0.761. The number of nitrogens with two attached hydrogens (primary N) is 1. The van der Waals surface area contributed by atoms with Crippen LogP contribution >= 0.6 is 11.8 Å². The number of aromatic nitrogens is 2. The molecule has 2 atom stereocenters. The Bertz CT molecular complexity index is 393. The number of carbonyl (C=O) groups excluding carboxylic acids is 1. The highest BCUT2D eigenvalue weighted by molar-refractivity contribution is 7.99. The van der Waals surface area contributed by atoms with Crippen molar-refractivity contribution in [1.82, 2.24) is 15.5 Å². The molecular formula is C11H18N4OS. The van der Waals surface area contributed by atoms with Crippen LogP contribution < -0.4 is 11.1 Å². The van der Waals surface area contributed by atoms with E-state index in [2.05, 4.69) is 21.8 Å². The first-order valence-electron chi connectivity index (χ1n) is 5.83. The monoisotopic (exact) mass is 254 g/mol. The maximum absolute atomic E-state index is 11.9. The predicted octanol–water partition coefficient (Wildman–Crippen LogP) is 1.40. The minimum atomic E-state index is -0.122. The maximum Gasteiger partial charge on any atom is 0.256 e. The van der Waals surface area contributed by atoms with Gasteiger partial charge in [0.2, 0.25) is 0 Å². The van der Waals surface area contributed by atoms with Crippen molar-refractivity contribution >= 4 is 23.5 Å². The zero-order valence-corrected chi connectivity index (χ0v) is 10.7. The molecule has 6 heteroatoms. The van der Waals surface area contributed by atoms with Gasteiger partial charge >= 0.3 is 0 Å². The summed E-state index contributed by atoms with van der Waals surface area (Å²) in [5.41, 5.74) is 6.06. The number of thioether (sulfide) groups is 1. The normalized spacial score (nSPS) is 24.5. The van der Waals surface area contributed by atoms with Gasteiger partial charge in [0, 0.05) is 11.3 Å². The number of anilines is 1. The van der Waals surface area contributed by atoms with Gasteiger partial charge in [0.1, 0.15) is 11.4 Å². The lowest BCUT2D eigenvalue weighted by Gasteiger charge is -2.28. The first-order valence-corrected chi connectivity index (χ1v) is 7.12. The Morgan fingerprint density at radius 2 is 2.47 bits per heavy atom. The van der Waals surface area contributed by atoms with Gasteiger partial charge in [-0.05, 0) is 25.5 Å². The lowest BCUT2D eigenvalue weighted by Crippen LogP contribution is -2.39. The average molecular weight is 254 g/mol. The van der Waals surface area contributed by atoms with E-state index >= 15 is 0 Å².